The number of nitrogens with one attached hydrogen (secondary N) is 1. The molecule has 0 aromatic heterocycles. The van der Waals surface area contributed by atoms with Crippen LogP contribution in [0.1, 0.15) is 31.2 Å². The first-order valence-electron chi connectivity index (χ1n) is 5.95. The molecule has 1 aromatic rings. The summed E-state index contributed by atoms with van der Waals surface area (Å²) < 4.78 is 14.7. The second-order valence-corrected chi connectivity index (χ2v) is 5.48. The first-order chi connectivity index (χ1) is 8.25. The van der Waals surface area contributed by atoms with Crippen molar-refractivity contribution in [2.24, 2.45) is 0 Å². The summed E-state index contributed by atoms with van der Waals surface area (Å²) in [6, 6.07) is 5.12. The largest absolute Gasteiger partial charge is 0.313 e. The van der Waals surface area contributed by atoms with Crippen molar-refractivity contribution in [1.29, 1.82) is 0 Å². The fourth-order valence-electron chi connectivity index (χ4n) is 1.61. The normalized spacial score (nSPS) is 10.8. The Labute approximate surface area is 121 Å². The van der Waals surface area contributed by atoms with Gasteiger partial charge in [0.25, 0.3) is 0 Å². The van der Waals surface area contributed by atoms with Crippen molar-refractivity contribution < 1.29 is 4.39 Å². The summed E-state index contributed by atoms with van der Waals surface area (Å²) in [7, 11) is 0. The molecule has 0 amide bonds. The summed E-state index contributed by atoms with van der Waals surface area (Å²) in [6.07, 6.45) is 4.98. The maximum atomic E-state index is 13.5. The topological polar surface area (TPSA) is 12.0 Å². The molecule has 0 aliphatic carbocycles. The van der Waals surface area contributed by atoms with Crippen LogP contribution in [0.4, 0.5) is 4.39 Å². The highest BCUT2D eigenvalue weighted by molar-refractivity contribution is 14.1. The van der Waals surface area contributed by atoms with E-state index >= 15 is 0 Å². The van der Waals surface area contributed by atoms with E-state index in [-0.39, 0.29) is 10.8 Å². The molecule has 1 nitrogen and oxygen atoms in total. The molecule has 0 aliphatic rings. The number of rotatable bonds is 8. The zero-order valence-corrected chi connectivity index (χ0v) is 12.7. The molecule has 0 heterocycles. The molecule has 0 radical (unpaired) electrons. The summed E-state index contributed by atoms with van der Waals surface area (Å²) in [6.45, 7) is 1.49. The van der Waals surface area contributed by atoms with Crippen molar-refractivity contribution in [3.8, 4) is 0 Å². The van der Waals surface area contributed by atoms with Crippen LogP contribution in [-0.2, 0) is 6.54 Å². The molecular formula is C13H18ClFIN. The lowest BCUT2D eigenvalue weighted by Crippen LogP contribution is -2.15. The molecule has 1 aromatic carbocycles. The number of hydrogen-bond donors (Lipinski definition) is 1. The number of unbranched alkanes of at least 4 members (excludes halogenated alkanes) is 3. The van der Waals surface area contributed by atoms with E-state index in [9.17, 15) is 4.39 Å². The minimum atomic E-state index is -0.299. The Balaban J connectivity index is 2.16. The minimum absolute atomic E-state index is 0.200. The number of benzene rings is 1. The highest BCUT2D eigenvalue weighted by Crippen LogP contribution is 2.17. The van der Waals surface area contributed by atoms with Gasteiger partial charge in [0, 0.05) is 12.1 Å². The van der Waals surface area contributed by atoms with Gasteiger partial charge >= 0.3 is 0 Å². The van der Waals surface area contributed by atoms with Crippen molar-refractivity contribution >= 4 is 34.2 Å². The molecule has 4 heteroatoms. The van der Waals surface area contributed by atoms with Crippen LogP contribution >= 0.6 is 34.2 Å². The second kappa shape index (κ2) is 9.11. The van der Waals surface area contributed by atoms with Gasteiger partial charge in [0.1, 0.15) is 5.82 Å². The Bertz CT molecular complexity index is 333. The molecule has 0 atom stereocenters. The maximum absolute atomic E-state index is 13.5. The van der Waals surface area contributed by atoms with E-state index < -0.39 is 0 Å². The SMILES string of the molecule is Fc1c(Cl)cccc1CNCCCCCCI. The lowest BCUT2D eigenvalue weighted by molar-refractivity contribution is 0.568. The summed E-state index contributed by atoms with van der Waals surface area (Å²) in [4.78, 5) is 0. The molecule has 0 saturated carbocycles. The predicted molar refractivity (Wildman–Crippen MR) is 80.5 cm³/mol. The van der Waals surface area contributed by atoms with Gasteiger partial charge in [-0.3, -0.25) is 0 Å². The first-order valence-corrected chi connectivity index (χ1v) is 7.85. The highest BCUT2D eigenvalue weighted by atomic mass is 127. The van der Waals surface area contributed by atoms with E-state index in [0.717, 1.165) is 13.0 Å². The quantitative estimate of drug-likeness (QED) is 0.402. The monoisotopic (exact) mass is 369 g/mol. The molecular weight excluding hydrogens is 352 g/mol. The minimum Gasteiger partial charge on any atom is -0.313 e. The van der Waals surface area contributed by atoms with E-state index in [1.807, 2.05) is 0 Å². The second-order valence-electron chi connectivity index (χ2n) is 3.99. The van der Waals surface area contributed by atoms with Crippen molar-refractivity contribution in [2.75, 3.05) is 11.0 Å². The molecule has 0 aliphatic heterocycles. The summed E-state index contributed by atoms with van der Waals surface area (Å²) in [5, 5.41) is 3.45. The van der Waals surface area contributed by atoms with Crippen molar-refractivity contribution in [3.63, 3.8) is 0 Å². The Morgan fingerprint density at radius 1 is 1.18 bits per heavy atom. The van der Waals surface area contributed by atoms with Crippen LogP contribution in [0.5, 0.6) is 0 Å². The highest BCUT2D eigenvalue weighted by Gasteiger charge is 2.04. The van der Waals surface area contributed by atoms with Gasteiger partial charge in [-0.25, -0.2) is 4.39 Å². The summed E-state index contributed by atoms with van der Waals surface area (Å²) >= 11 is 8.11. The smallest absolute Gasteiger partial charge is 0.146 e. The standard InChI is InChI=1S/C13H18ClFIN/c14-12-7-5-6-11(13(12)15)10-17-9-4-2-1-3-8-16/h5-7,17H,1-4,8-10H2. The number of hydrogen-bond acceptors (Lipinski definition) is 1. The lowest BCUT2D eigenvalue weighted by Gasteiger charge is -2.06. The number of alkyl halides is 1. The predicted octanol–water partition coefficient (Wildman–Crippen LogP) is 4.56. The molecule has 17 heavy (non-hydrogen) atoms. The third-order valence-corrected chi connectivity index (χ3v) is 3.64. The molecule has 96 valence electrons. The average Bonchev–Trinajstić information content (AvgIpc) is 2.33. The summed E-state index contributed by atoms with van der Waals surface area (Å²) in [5.74, 6) is -0.299. The Morgan fingerprint density at radius 3 is 2.71 bits per heavy atom. The Hall–Kier alpha value is 0.130. The average molecular weight is 370 g/mol. The van der Waals surface area contributed by atoms with E-state index in [0.29, 0.717) is 12.1 Å². The van der Waals surface area contributed by atoms with E-state index in [4.69, 9.17) is 11.6 Å². The lowest BCUT2D eigenvalue weighted by atomic mass is 10.2. The molecule has 0 bridgehead atoms. The van der Waals surface area contributed by atoms with E-state index in [1.54, 1.807) is 18.2 Å². The third-order valence-electron chi connectivity index (χ3n) is 2.58. The van der Waals surface area contributed by atoms with Gasteiger partial charge in [-0.05, 0) is 29.9 Å². The Kier molecular flexibility index (Phi) is 8.14. The molecule has 0 spiro atoms. The van der Waals surface area contributed by atoms with Crippen molar-refractivity contribution in [3.05, 3.63) is 34.6 Å². The zero-order chi connectivity index (χ0) is 12.5. The van der Waals surface area contributed by atoms with Gasteiger partial charge in [-0.2, -0.15) is 0 Å². The Morgan fingerprint density at radius 2 is 1.94 bits per heavy atom. The van der Waals surface area contributed by atoms with Gasteiger partial charge in [-0.1, -0.05) is 59.2 Å². The van der Waals surface area contributed by atoms with Gasteiger partial charge < -0.3 is 5.32 Å². The van der Waals surface area contributed by atoms with Crippen molar-refractivity contribution in [1.82, 2.24) is 5.32 Å². The van der Waals surface area contributed by atoms with Crippen LogP contribution in [0.3, 0.4) is 0 Å². The van der Waals surface area contributed by atoms with Crippen LogP contribution in [-0.4, -0.2) is 11.0 Å². The molecule has 1 N–H and O–H groups in total. The third kappa shape index (κ3) is 6.02. The van der Waals surface area contributed by atoms with Gasteiger partial charge in [0.15, 0.2) is 0 Å². The number of halogens is 3. The molecule has 0 saturated heterocycles. The molecule has 0 fully saturated rings. The van der Waals surface area contributed by atoms with E-state index in [1.165, 1.54) is 23.7 Å². The van der Waals surface area contributed by atoms with Crippen molar-refractivity contribution in [2.45, 2.75) is 32.2 Å². The van der Waals surface area contributed by atoms with Crippen LogP contribution in [0, 0.1) is 5.82 Å². The first kappa shape index (κ1) is 15.2. The van der Waals surface area contributed by atoms with Crippen LogP contribution < -0.4 is 5.32 Å². The molecule has 0 unspecified atom stereocenters. The summed E-state index contributed by atoms with van der Waals surface area (Å²) in [5.41, 5.74) is 0.643. The molecule has 1 rings (SSSR count). The fraction of sp³-hybridized carbons (Fsp3) is 0.538. The van der Waals surface area contributed by atoms with Crippen LogP contribution in [0.15, 0.2) is 18.2 Å². The van der Waals surface area contributed by atoms with E-state index in [2.05, 4.69) is 27.9 Å². The van der Waals surface area contributed by atoms with Gasteiger partial charge in [-0.15, -0.1) is 0 Å². The van der Waals surface area contributed by atoms with Gasteiger partial charge in [0.2, 0.25) is 0 Å². The van der Waals surface area contributed by atoms with Crippen LogP contribution in [0.2, 0.25) is 5.02 Å². The fourth-order valence-corrected chi connectivity index (χ4v) is 2.34. The van der Waals surface area contributed by atoms with Gasteiger partial charge in [0.05, 0.1) is 5.02 Å². The zero-order valence-electron chi connectivity index (χ0n) is 9.82. The van der Waals surface area contributed by atoms with Crippen LogP contribution in [0.25, 0.3) is 0 Å². The maximum Gasteiger partial charge on any atom is 0.146 e.